The van der Waals surface area contributed by atoms with E-state index in [1.807, 2.05) is 23.1 Å². The van der Waals surface area contributed by atoms with Gasteiger partial charge in [0.1, 0.15) is 0 Å². The molecule has 1 N–H and O–H groups in total. The van der Waals surface area contributed by atoms with E-state index in [-0.39, 0.29) is 23.5 Å². The first-order chi connectivity index (χ1) is 10.5. The van der Waals surface area contributed by atoms with Crippen LogP contribution in [0.1, 0.15) is 18.0 Å². The monoisotopic (exact) mass is 342 g/mol. The zero-order valence-corrected chi connectivity index (χ0v) is 13.7. The fourth-order valence-electron chi connectivity index (χ4n) is 3.20. The van der Waals surface area contributed by atoms with E-state index in [4.69, 9.17) is 11.6 Å². The summed E-state index contributed by atoms with van der Waals surface area (Å²) in [5.74, 6) is -0.340. The molecular weight excluding hydrogens is 324 g/mol. The minimum absolute atomic E-state index is 0.0158. The molecule has 0 saturated carbocycles. The van der Waals surface area contributed by atoms with Crippen molar-refractivity contribution < 1.29 is 13.2 Å². The van der Waals surface area contributed by atoms with Crippen molar-refractivity contribution in [3.8, 4) is 0 Å². The normalized spacial score (nSPS) is 27.8. The van der Waals surface area contributed by atoms with Crippen molar-refractivity contribution in [2.75, 3.05) is 31.1 Å². The Bertz CT molecular complexity index is 677. The van der Waals surface area contributed by atoms with Crippen LogP contribution in [0, 0.1) is 5.92 Å². The fraction of sp³-hybridized carbons (Fsp3) is 0.533. The van der Waals surface area contributed by atoms with Crippen LogP contribution in [0.15, 0.2) is 24.3 Å². The third-order valence-corrected chi connectivity index (χ3v) is 6.34. The molecule has 2 unspecified atom stereocenters. The number of halogens is 1. The number of carbonyl (C=O) groups excluding carboxylic acids is 1. The Labute approximate surface area is 135 Å². The number of hydrogen-bond acceptors (Lipinski definition) is 4. The second-order valence-electron chi connectivity index (χ2n) is 5.91. The van der Waals surface area contributed by atoms with Gasteiger partial charge in [0.2, 0.25) is 5.91 Å². The number of nitrogens with zero attached hydrogens (tertiary/aromatic N) is 1. The number of amides is 1. The van der Waals surface area contributed by atoms with Crippen LogP contribution < -0.4 is 5.32 Å². The summed E-state index contributed by atoms with van der Waals surface area (Å²) in [6.45, 7) is 1.97. The average molecular weight is 343 g/mol. The highest BCUT2D eigenvalue weighted by molar-refractivity contribution is 7.91. The topological polar surface area (TPSA) is 66.5 Å². The first kappa shape index (κ1) is 15.8. The maximum Gasteiger partial charge on any atom is 0.227 e. The quantitative estimate of drug-likeness (QED) is 0.878. The molecule has 0 spiro atoms. The van der Waals surface area contributed by atoms with Crippen LogP contribution in [0.2, 0.25) is 5.02 Å². The lowest BCUT2D eigenvalue weighted by atomic mass is 10.00. The smallest absolute Gasteiger partial charge is 0.227 e. The Morgan fingerprint density at radius 3 is 2.86 bits per heavy atom. The van der Waals surface area contributed by atoms with Crippen molar-refractivity contribution >= 4 is 27.3 Å². The Morgan fingerprint density at radius 2 is 2.18 bits per heavy atom. The zero-order valence-electron chi connectivity index (χ0n) is 12.2. The molecule has 3 rings (SSSR count). The van der Waals surface area contributed by atoms with Crippen LogP contribution >= 0.6 is 11.6 Å². The molecule has 2 fully saturated rings. The minimum atomic E-state index is -3.05. The van der Waals surface area contributed by atoms with Gasteiger partial charge in [-0.15, -0.1) is 0 Å². The van der Waals surface area contributed by atoms with E-state index in [0.717, 1.165) is 12.1 Å². The molecule has 1 aromatic carbocycles. The summed E-state index contributed by atoms with van der Waals surface area (Å²) >= 11 is 6.05. The van der Waals surface area contributed by atoms with Crippen LogP contribution in [0.5, 0.6) is 0 Å². The third kappa shape index (κ3) is 3.29. The second kappa shape index (κ2) is 6.18. The van der Waals surface area contributed by atoms with Crippen LogP contribution in [0.25, 0.3) is 0 Å². The molecule has 2 aliphatic heterocycles. The van der Waals surface area contributed by atoms with Crippen LogP contribution in [-0.2, 0) is 14.6 Å². The average Bonchev–Trinajstić information content (AvgIpc) is 2.87. The predicted molar refractivity (Wildman–Crippen MR) is 85.5 cm³/mol. The second-order valence-corrected chi connectivity index (χ2v) is 8.57. The van der Waals surface area contributed by atoms with Gasteiger partial charge in [-0.2, -0.15) is 0 Å². The molecule has 22 heavy (non-hydrogen) atoms. The molecule has 0 bridgehead atoms. The van der Waals surface area contributed by atoms with Gasteiger partial charge in [-0.1, -0.05) is 23.7 Å². The Morgan fingerprint density at radius 1 is 1.36 bits per heavy atom. The number of benzene rings is 1. The highest BCUT2D eigenvalue weighted by Crippen LogP contribution is 2.29. The van der Waals surface area contributed by atoms with E-state index in [0.29, 0.717) is 24.5 Å². The molecule has 7 heteroatoms. The predicted octanol–water partition coefficient (Wildman–Crippen LogP) is 1.25. The summed E-state index contributed by atoms with van der Waals surface area (Å²) in [4.78, 5) is 14.6. The van der Waals surface area contributed by atoms with Crippen molar-refractivity contribution in [2.45, 2.75) is 12.5 Å². The van der Waals surface area contributed by atoms with Gasteiger partial charge in [-0.05, 0) is 24.1 Å². The van der Waals surface area contributed by atoms with Gasteiger partial charge in [0.25, 0.3) is 0 Å². The first-order valence-electron chi connectivity index (χ1n) is 7.43. The Hall–Kier alpha value is -1.11. The van der Waals surface area contributed by atoms with Crippen molar-refractivity contribution in [2.24, 2.45) is 5.92 Å². The summed E-state index contributed by atoms with van der Waals surface area (Å²) in [6.07, 6.45) is 0.438. The molecule has 2 saturated heterocycles. The number of nitrogens with one attached hydrogen (secondary N) is 1. The van der Waals surface area contributed by atoms with Crippen molar-refractivity contribution in [3.63, 3.8) is 0 Å². The highest BCUT2D eigenvalue weighted by atomic mass is 35.5. The van der Waals surface area contributed by atoms with Gasteiger partial charge < -0.3 is 10.2 Å². The molecule has 2 atom stereocenters. The first-order valence-corrected chi connectivity index (χ1v) is 9.63. The van der Waals surface area contributed by atoms with Crippen molar-refractivity contribution in [1.29, 1.82) is 0 Å². The van der Waals surface area contributed by atoms with Gasteiger partial charge in [0, 0.05) is 24.7 Å². The SMILES string of the molecule is O=C(C1CCS(=O)(=O)C1)N1CCNCC1c1cccc(Cl)c1. The maximum absolute atomic E-state index is 12.8. The highest BCUT2D eigenvalue weighted by Gasteiger charge is 2.38. The zero-order chi connectivity index (χ0) is 15.7. The van der Waals surface area contributed by atoms with E-state index in [9.17, 15) is 13.2 Å². The molecular formula is C15H19ClN2O3S. The van der Waals surface area contributed by atoms with Gasteiger partial charge in [-0.3, -0.25) is 4.79 Å². The summed E-state index contributed by atoms with van der Waals surface area (Å²) in [6, 6.07) is 7.40. The molecule has 5 nitrogen and oxygen atoms in total. The van der Waals surface area contributed by atoms with Gasteiger partial charge in [-0.25, -0.2) is 8.42 Å². The van der Waals surface area contributed by atoms with Crippen LogP contribution in [0.4, 0.5) is 0 Å². The number of sulfone groups is 1. The summed E-state index contributed by atoms with van der Waals surface area (Å²) in [5.41, 5.74) is 0.980. The fourth-order valence-corrected chi connectivity index (χ4v) is 5.14. The Kier molecular flexibility index (Phi) is 4.43. The van der Waals surface area contributed by atoms with Crippen LogP contribution in [0.3, 0.4) is 0 Å². The molecule has 0 radical (unpaired) electrons. The largest absolute Gasteiger partial charge is 0.333 e. The number of rotatable bonds is 2. The molecule has 0 aromatic heterocycles. The van der Waals surface area contributed by atoms with E-state index in [2.05, 4.69) is 5.32 Å². The number of hydrogen-bond donors (Lipinski definition) is 1. The molecule has 0 aliphatic carbocycles. The maximum atomic E-state index is 12.8. The van der Waals surface area contributed by atoms with Gasteiger partial charge in [0.15, 0.2) is 9.84 Å². The number of carbonyl (C=O) groups is 1. The van der Waals surface area contributed by atoms with E-state index in [1.54, 1.807) is 6.07 Å². The van der Waals surface area contributed by atoms with Crippen LogP contribution in [-0.4, -0.2) is 50.4 Å². The van der Waals surface area contributed by atoms with Gasteiger partial charge >= 0.3 is 0 Å². The van der Waals surface area contributed by atoms with E-state index in [1.165, 1.54) is 0 Å². The lowest BCUT2D eigenvalue weighted by Gasteiger charge is -2.38. The minimum Gasteiger partial charge on any atom is -0.333 e. The third-order valence-electron chi connectivity index (χ3n) is 4.34. The lowest BCUT2D eigenvalue weighted by molar-refractivity contribution is -0.138. The van der Waals surface area contributed by atoms with Crippen molar-refractivity contribution in [1.82, 2.24) is 10.2 Å². The molecule has 1 amide bonds. The summed E-state index contributed by atoms with van der Waals surface area (Å²) in [7, 11) is -3.05. The van der Waals surface area contributed by atoms with E-state index >= 15 is 0 Å². The summed E-state index contributed by atoms with van der Waals surface area (Å²) in [5, 5.41) is 3.93. The molecule has 2 heterocycles. The van der Waals surface area contributed by atoms with Gasteiger partial charge in [0.05, 0.1) is 23.5 Å². The molecule has 2 aliphatic rings. The molecule has 120 valence electrons. The lowest BCUT2D eigenvalue weighted by Crippen LogP contribution is -2.50. The van der Waals surface area contributed by atoms with Crippen molar-refractivity contribution in [3.05, 3.63) is 34.9 Å². The van der Waals surface area contributed by atoms with E-state index < -0.39 is 15.8 Å². The Balaban J connectivity index is 1.82. The standard InChI is InChI=1S/C15H19ClN2O3S/c16-13-3-1-2-11(8-13)14-9-17-5-6-18(14)15(19)12-4-7-22(20,21)10-12/h1-3,8,12,14,17H,4-7,9-10H2. The number of piperazine rings is 1. The summed E-state index contributed by atoms with van der Waals surface area (Å²) < 4.78 is 23.2. The molecule has 1 aromatic rings.